The fraction of sp³-hybridized carbons (Fsp3) is 0.636. The van der Waals surface area contributed by atoms with Crippen LogP contribution in [0.25, 0.3) is 0 Å². The number of rotatable bonds is 3. The van der Waals surface area contributed by atoms with Crippen LogP contribution in [0.5, 0.6) is 0 Å². The van der Waals surface area contributed by atoms with E-state index in [1.54, 1.807) is 10.7 Å². The Kier molecular flexibility index (Phi) is 4.11. The molecule has 0 aliphatic heterocycles. The van der Waals surface area contributed by atoms with Crippen LogP contribution < -0.4 is 10.6 Å². The second-order valence-electron chi connectivity index (χ2n) is 4.80. The molecule has 17 heavy (non-hydrogen) atoms. The molecule has 0 saturated heterocycles. The Morgan fingerprint density at radius 2 is 2.18 bits per heavy atom. The Morgan fingerprint density at radius 1 is 1.53 bits per heavy atom. The molecule has 1 heterocycles. The number of anilines is 1. The predicted octanol–water partition coefficient (Wildman–Crippen LogP) is 1.49. The number of aromatic nitrogens is 2. The summed E-state index contributed by atoms with van der Waals surface area (Å²) in [7, 11) is 3.68. The van der Waals surface area contributed by atoms with Gasteiger partial charge in [-0.25, -0.2) is 4.79 Å². The fourth-order valence-corrected chi connectivity index (χ4v) is 1.32. The van der Waals surface area contributed by atoms with Gasteiger partial charge >= 0.3 is 6.09 Å². The summed E-state index contributed by atoms with van der Waals surface area (Å²) < 4.78 is 6.85. The lowest BCUT2D eigenvalue weighted by Gasteiger charge is -2.18. The Morgan fingerprint density at radius 3 is 2.71 bits per heavy atom. The van der Waals surface area contributed by atoms with Crippen molar-refractivity contribution in [1.82, 2.24) is 15.1 Å². The van der Waals surface area contributed by atoms with Crippen molar-refractivity contribution in [3.05, 3.63) is 11.8 Å². The van der Waals surface area contributed by atoms with Gasteiger partial charge in [-0.1, -0.05) is 0 Å². The minimum Gasteiger partial charge on any atom is -0.444 e. The van der Waals surface area contributed by atoms with Crippen molar-refractivity contribution < 1.29 is 9.53 Å². The van der Waals surface area contributed by atoms with Crippen LogP contribution in [0.15, 0.2) is 6.07 Å². The summed E-state index contributed by atoms with van der Waals surface area (Å²) in [5.41, 5.74) is 0.478. The van der Waals surface area contributed by atoms with E-state index in [0.717, 1.165) is 5.69 Å². The highest BCUT2D eigenvalue weighted by Gasteiger charge is 2.17. The summed E-state index contributed by atoms with van der Waals surface area (Å²) in [6.07, 6.45) is -0.494. The second kappa shape index (κ2) is 5.18. The van der Waals surface area contributed by atoms with Gasteiger partial charge in [0, 0.05) is 19.7 Å². The zero-order chi connectivity index (χ0) is 13.1. The van der Waals surface area contributed by atoms with Crippen LogP contribution in [-0.4, -0.2) is 28.5 Å². The second-order valence-corrected chi connectivity index (χ2v) is 4.80. The molecule has 0 aliphatic rings. The van der Waals surface area contributed by atoms with Gasteiger partial charge in [0.15, 0.2) is 5.82 Å². The van der Waals surface area contributed by atoms with Crippen LogP contribution in [0, 0.1) is 0 Å². The maximum absolute atomic E-state index is 11.5. The van der Waals surface area contributed by atoms with E-state index >= 15 is 0 Å². The van der Waals surface area contributed by atoms with Crippen molar-refractivity contribution in [3.63, 3.8) is 0 Å². The summed E-state index contributed by atoms with van der Waals surface area (Å²) in [6.45, 7) is 6.14. The summed E-state index contributed by atoms with van der Waals surface area (Å²) in [5, 5.41) is 9.79. The average Bonchev–Trinajstić information content (AvgIpc) is 2.43. The molecule has 1 aromatic rings. The van der Waals surface area contributed by atoms with Gasteiger partial charge in [0.05, 0.1) is 5.69 Å². The third kappa shape index (κ3) is 4.44. The molecule has 0 spiro atoms. The highest BCUT2D eigenvalue weighted by atomic mass is 16.6. The van der Waals surface area contributed by atoms with Crippen LogP contribution in [0.1, 0.15) is 26.5 Å². The van der Waals surface area contributed by atoms with Gasteiger partial charge in [0.25, 0.3) is 0 Å². The standard InChI is InChI=1S/C11H20N4O2/c1-11(2,3)17-10(16)13-9-6-8(7-12-4)15(5)14-9/h6,12H,7H2,1-5H3,(H,13,14,16). The Labute approximate surface area is 101 Å². The lowest BCUT2D eigenvalue weighted by Crippen LogP contribution is -2.27. The first-order valence-corrected chi connectivity index (χ1v) is 5.49. The smallest absolute Gasteiger partial charge is 0.413 e. The number of hydrogen-bond acceptors (Lipinski definition) is 4. The number of hydrogen-bond donors (Lipinski definition) is 2. The van der Waals surface area contributed by atoms with Crippen LogP contribution in [-0.2, 0) is 18.3 Å². The molecule has 96 valence electrons. The molecule has 0 radical (unpaired) electrons. The van der Waals surface area contributed by atoms with Crippen molar-refractivity contribution in [1.29, 1.82) is 0 Å². The zero-order valence-electron chi connectivity index (χ0n) is 11.0. The summed E-state index contributed by atoms with van der Waals surface area (Å²) in [5.74, 6) is 0.493. The maximum atomic E-state index is 11.5. The summed E-state index contributed by atoms with van der Waals surface area (Å²) in [4.78, 5) is 11.5. The first-order valence-electron chi connectivity index (χ1n) is 5.49. The minimum atomic E-state index is -0.507. The summed E-state index contributed by atoms with van der Waals surface area (Å²) in [6, 6.07) is 1.81. The Bertz CT molecular complexity index is 393. The maximum Gasteiger partial charge on any atom is 0.413 e. The molecule has 1 amide bonds. The van der Waals surface area contributed by atoms with E-state index in [1.807, 2.05) is 34.9 Å². The third-order valence-electron chi connectivity index (χ3n) is 1.96. The Balaban J connectivity index is 2.63. The fourth-order valence-electron chi connectivity index (χ4n) is 1.32. The van der Waals surface area contributed by atoms with E-state index in [4.69, 9.17) is 4.74 Å². The van der Waals surface area contributed by atoms with Crippen molar-refractivity contribution in [2.24, 2.45) is 7.05 Å². The molecule has 0 saturated carbocycles. The highest BCUT2D eigenvalue weighted by Crippen LogP contribution is 2.11. The number of amides is 1. The molecule has 0 aromatic carbocycles. The third-order valence-corrected chi connectivity index (χ3v) is 1.96. The number of aryl methyl sites for hydroxylation is 1. The SMILES string of the molecule is CNCc1cc(NC(=O)OC(C)(C)C)nn1C. The van der Waals surface area contributed by atoms with Gasteiger partial charge in [-0.2, -0.15) is 5.10 Å². The van der Waals surface area contributed by atoms with Crippen molar-refractivity contribution >= 4 is 11.9 Å². The van der Waals surface area contributed by atoms with Crippen LogP contribution in [0.2, 0.25) is 0 Å². The van der Waals surface area contributed by atoms with Crippen molar-refractivity contribution in [3.8, 4) is 0 Å². The molecule has 0 unspecified atom stereocenters. The normalized spacial score (nSPS) is 11.4. The van der Waals surface area contributed by atoms with E-state index < -0.39 is 11.7 Å². The number of nitrogens with zero attached hydrogens (tertiary/aromatic N) is 2. The van der Waals surface area contributed by atoms with E-state index in [-0.39, 0.29) is 0 Å². The first-order chi connectivity index (χ1) is 7.81. The van der Waals surface area contributed by atoms with Gasteiger partial charge in [-0.3, -0.25) is 10.00 Å². The first kappa shape index (κ1) is 13.5. The molecule has 1 aromatic heterocycles. The van der Waals surface area contributed by atoms with Gasteiger partial charge in [0.2, 0.25) is 0 Å². The number of ether oxygens (including phenoxy) is 1. The molecule has 0 atom stereocenters. The molecular formula is C11H20N4O2. The Hall–Kier alpha value is -1.56. The van der Waals surface area contributed by atoms with Gasteiger partial charge in [0.1, 0.15) is 5.60 Å². The molecule has 2 N–H and O–H groups in total. The average molecular weight is 240 g/mol. The number of nitrogens with one attached hydrogen (secondary N) is 2. The van der Waals surface area contributed by atoms with Crippen LogP contribution >= 0.6 is 0 Å². The van der Waals surface area contributed by atoms with Crippen molar-refractivity contribution in [2.75, 3.05) is 12.4 Å². The van der Waals surface area contributed by atoms with Crippen LogP contribution in [0.3, 0.4) is 0 Å². The molecule has 6 heteroatoms. The van der Waals surface area contributed by atoms with E-state index in [1.165, 1.54) is 0 Å². The lowest BCUT2D eigenvalue weighted by atomic mass is 10.2. The largest absolute Gasteiger partial charge is 0.444 e. The topological polar surface area (TPSA) is 68.2 Å². The van der Waals surface area contributed by atoms with Gasteiger partial charge in [-0.15, -0.1) is 0 Å². The van der Waals surface area contributed by atoms with E-state index in [2.05, 4.69) is 15.7 Å². The zero-order valence-corrected chi connectivity index (χ0v) is 11.0. The number of carbonyl (C=O) groups excluding carboxylic acids is 1. The number of carbonyl (C=O) groups is 1. The molecule has 1 rings (SSSR count). The summed E-state index contributed by atoms with van der Waals surface area (Å²) >= 11 is 0. The molecule has 0 fully saturated rings. The molecular weight excluding hydrogens is 220 g/mol. The van der Waals surface area contributed by atoms with Gasteiger partial charge in [-0.05, 0) is 27.8 Å². The quantitative estimate of drug-likeness (QED) is 0.840. The minimum absolute atomic E-state index is 0.493. The van der Waals surface area contributed by atoms with Crippen molar-refractivity contribution in [2.45, 2.75) is 32.9 Å². The molecule has 0 bridgehead atoms. The van der Waals surface area contributed by atoms with E-state index in [0.29, 0.717) is 12.4 Å². The monoisotopic (exact) mass is 240 g/mol. The van der Waals surface area contributed by atoms with Gasteiger partial charge < -0.3 is 10.1 Å². The lowest BCUT2D eigenvalue weighted by molar-refractivity contribution is 0.0635. The molecule has 6 nitrogen and oxygen atoms in total. The molecule has 0 aliphatic carbocycles. The van der Waals surface area contributed by atoms with E-state index in [9.17, 15) is 4.79 Å². The highest BCUT2D eigenvalue weighted by molar-refractivity contribution is 5.83. The van der Waals surface area contributed by atoms with Crippen LogP contribution in [0.4, 0.5) is 10.6 Å². The predicted molar refractivity (Wildman–Crippen MR) is 65.8 cm³/mol.